The number of nitrogens with two attached hydrogens (primary N) is 1. The average Bonchev–Trinajstić information content (AvgIpc) is 2.09. The summed E-state index contributed by atoms with van der Waals surface area (Å²) in [6, 6.07) is 5.29. The Morgan fingerprint density at radius 1 is 1.29 bits per heavy atom. The van der Waals surface area contributed by atoms with Gasteiger partial charge in [0, 0.05) is 5.69 Å². The summed E-state index contributed by atoms with van der Waals surface area (Å²) in [6.45, 7) is 6.24. The van der Waals surface area contributed by atoms with Crippen LogP contribution in [-0.2, 0) is 0 Å². The lowest BCUT2D eigenvalue weighted by Gasteiger charge is -2.18. The van der Waals surface area contributed by atoms with Crippen molar-refractivity contribution in [2.45, 2.75) is 26.9 Å². The van der Waals surface area contributed by atoms with Crippen LogP contribution in [0.15, 0.2) is 18.2 Å². The SMILES string of the molecule is CC(C)C(C)Oc1ccc(N)cc1Cl. The Hall–Kier alpha value is -0.890. The smallest absolute Gasteiger partial charge is 0.138 e. The van der Waals surface area contributed by atoms with Crippen molar-refractivity contribution in [1.82, 2.24) is 0 Å². The lowest BCUT2D eigenvalue weighted by Crippen LogP contribution is -2.18. The van der Waals surface area contributed by atoms with E-state index in [1.807, 2.05) is 6.92 Å². The van der Waals surface area contributed by atoms with Crippen LogP contribution >= 0.6 is 11.6 Å². The van der Waals surface area contributed by atoms with Gasteiger partial charge < -0.3 is 10.5 Å². The van der Waals surface area contributed by atoms with Crippen molar-refractivity contribution >= 4 is 17.3 Å². The average molecular weight is 214 g/mol. The van der Waals surface area contributed by atoms with Crippen molar-refractivity contribution in [3.63, 3.8) is 0 Å². The summed E-state index contributed by atoms with van der Waals surface area (Å²) in [4.78, 5) is 0. The van der Waals surface area contributed by atoms with Crippen LogP contribution in [0.3, 0.4) is 0 Å². The molecule has 0 aliphatic carbocycles. The molecule has 0 radical (unpaired) electrons. The van der Waals surface area contributed by atoms with Gasteiger partial charge in [0.1, 0.15) is 5.75 Å². The molecule has 0 heterocycles. The molecule has 0 aliphatic rings. The molecule has 1 rings (SSSR count). The molecule has 0 spiro atoms. The Morgan fingerprint density at radius 3 is 2.43 bits per heavy atom. The van der Waals surface area contributed by atoms with Crippen molar-refractivity contribution in [3.8, 4) is 5.75 Å². The molecule has 0 bridgehead atoms. The van der Waals surface area contributed by atoms with E-state index in [-0.39, 0.29) is 6.10 Å². The maximum Gasteiger partial charge on any atom is 0.138 e. The Bertz CT molecular complexity index is 312. The molecule has 0 aliphatic heterocycles. The third-order valence-electron chi connectivity index (χ3n) is 2.21. The molecule has 0 aromatic heterocycles. The van der Waals surface area contributed by atoms with Crippen LogP contribution in [0, 0.1) is 5.92 Å². The van der Waals surface area contributed by atoms with Crippen LogP contribution in [0.2, 0.25) is 5.02 Å². The second kappa shape index (κ2) is 4.56. The molecule has 1 aromatic carbocycles. The minimum atomic E-state index is 0.149. The number of halogens is 1. The van der Waals surface area contributed by atoms with E-state index in [4.69, 9.17) is 22.1 Å². The van der Waals surface area contributed by atoms with Crippen LogP contribution in [0.5, 0.6) is 5.75 Å². The first kappa shape index (κ1) is 11.2. The highest BCUT2D eigenvalue weighted by molar-refractivity contribution is 6.32. The van der Waals surface area contributed by atoms with Crippen LogP contribution in [0.1, 0.15) is 20.8 Å². The fourth-order valence-corrected chi connectivity index (χ4v) is 1.18. The third kappa shape index (κ3) is 2.81. The zero-order valence-corrected chi connectivity index (χ0v) is 9.51. The van der Waals surface area contributed by atoms with Gasteiger partial charge in [-0.2, -0.15) is 0 Å². The van der Waals surface area contributed by atoms with E-state index >= 15 is 0 Å². The fraction of sp³-hybridized carbons (Fsp3) is 0.455. The van der Waals surface area contributed by atoms with Gasteiger partial charge in [0.15, 0.2) is 0 Å². The topological polar surface area (TPSA) is 35.2 Å². The standard InChI is InChI=1S/C11H16ClNO/c1-7(2)8(3)14-11-5-4-9(13)6-10(11)12/h4-8H,13H2,1-3H3. The summed E-state index contributed by atoms with van der Waals surface area (Å²) in [5.74, 6) is 1.16. The van der Waals surface area contributed by atoms with Crippen LogP contribution in [0.25, 0.3) is 0 Å². The summed E-state index contributed by atoms with van der Waals surface area (Å²) >= 11 is 5.97. The maximum atomic E-state index is 5.97. The van der Waals surface area contributed by atoms with E-state index in [0.717, 1.165) is 0 Å². The van der Waals surface area contributed by atoms with Crippen molar-refractivity contribution in [2.75, 3.05) is 5.73 Å². The largest absolute Gasteiger partial charge is 0.489 e. The van der Waals surface area contributed by atoms with Crippen molar-refractivity contribution in [3.05, 3.63) is 23.2 Å². The van der Waals surface area contributed by atoms with Gasteiger partial charge in [0.2, 0.25) is 0 Å². The second-order valence-corrected chi connectivity index (χ2v) is 4.16. The fourth-order valence-electron chi connectivity index (χ4n) is 0.949. The number of hydrogen-bond donors (Lipinski definition) is 1. The number of anilines is 1. The highest BCUT2D eigenvalue weighted by atomic mass is 35.5. The second-order valence-electron chi connectivity index (χ2n) is 3.76. The molecule has 1 atom stereocenters. The van der Waals surface area contributed by atoms with E-state index in [0.29, 0.717) is 22.4 Å². The van der Waals surface area contributed by atoms with Crippen LogP contribution in [-0.4, -0.2) is 6.10 Å². The molecular weight excluding hydrogens is 198 g/mol. The molecule has 0 fully saturated rings. The first-order valence-electron chi connectivity index (χ1n) is 4.72. The minimum Gasteiger partial charge on any atom is -0.489 e. The van der Waals surface area contributed by atoms with Gasteiger partial charge in [-0.1, -0.05) is 25.4 Å². The van der Waals surface area contributed by atoms with Gasteiger partial charge in [0.25, 0.3) is 0 Å². The Balaban J connectivity index is 2.77. The van der Waals surface area contributed by atoms with Crippen molar-refractivity contribution in [2.24, 2.45) is 5.92 Å². The van der Waals surface area contributed by atoms with Crippen molar-refractivity contribution < 1.29 is 4.74 Å². The third-order valence-corrected chi connectivity index (χ3v) is 2.50. The van der Waals surface area contributed by atoms with Gasteiger partial charge >= 0.3 is 0 Å². The van der Waals surface area contributed by atoms with Gasteiger partial charge in [-0.3, -0.25) is 0 Å². The van der Waals surface area contributed by atoms with E-state index in [9.17, 15) is 0 Å². The van der Waals surface area contributed by atoms with E-state index in [1.165, 1.54) is 0 Å². The Kier molecular flexibility index (Phi) is 3.64. The molecule has 0 amide bonds. The van der Waals surface area contributed by atoms with Gasteiger partial charge in [-0.15, -0.1) is 0 Å². The predicted octanol–water partition coefficient (Wildman–Crippen LogP) is 3.35. The van der Waals surface area contributed by atoms with Crippen molar-refractivity contribution in [1.29, 1.82) is 0 Å². The van der Waals surface area contributed by atoms with E-state index in [2.05, 4.69) is 13.8 Å². The van der Waals surface area contributed by atoms with E-state index < -0.39 is 0 Å². The summed E-state index contributed by atoms with van der Waals surface area (Å²) in [5.41, 5.74) is 6.23. The zero-order chi connectivity index (χ0) is 10.7. The molecule has 3 heteroatoms. The monoisotopic (exact) mass is 213 g/mol. The molecule has 2 nitrogen and oxygen atoms in total. The molecule has 2 N–H and O–H groups in total. The number of rotatable bonds is 3. The molecule has 14 heavy (non-hydrogen) atoms. The molecule has 1 unspecified atom stereocenters. The highest BCUT2D eigenvalue weighted by Crippen LogP contribution is 2.28. The Labute approximate surface area is 90.0 Å². The highest BCUT2D eigenvalue weighted by Gasteiger charge is 2.10. The van der Waals surface area contributed by atoms with E-state index in [1.54, 1.807) is 18.2 Å². The summed E-state index contributed by atoms with van der Waals surface area (Å²) < 4.78 is 5.67. The minimum absolute atomic E-state index is 0.149. The normalized spacial score (nSPS) is 12.9. The van der Waals surface area contributed by atoms with Crippen LogP contribution in [0.4, 0.5) is 5.69 Å². The molecule has 1 aromatic rings. The number of hydrogen-bond acceptors (Lipinski definition) is 2. The molecule has 0 saturated heterocycles. The summed E-state index contributed by atoms with van der Waals surface area (Å²) in [6.07, 6.45) is 0.149. The zero-order valence-electron chi connectivity index (χ0n) is 8.75. The number of nitrogen functional groups attached to an aromatic ring is 1. The Morgan fingerprint density at radius 2 is 1.93 bits per heavy atom. The predicted molar refractivity (Wildman–Crippen MR) is 60.8 cm³/mol. The quantitative estimate of drug-likeness (QED) is 0.782. The van der Waals surface area contributed by atoms with Gasteiger partial charge in [-0.05, 0) is 31.0 Å². The number of benzene rings is 1. The lowest BCUT2D eigenvalue weighted by molar-refractivity contribution is 0.170. The van der Waals surface area contributed by atoms with Gasteiger partial charge in [0.05, 0.1) is 11.1 Å². The van der Waals surface area contributed by atoms with Gasteiger partial charge in [-0.25, -0.2) is 0 Å². The lowest BCUT2D eigenvalue weighted by atomic mass is 10.1. The first-order chi connectivity index (χ1) is 6.50. The summed E-state index contributed by atoms with van der Waals surface area (Å²) in [5, 5.41) is 0.567. The molecular formula is C11H16ClNO. The molecule has 78 valence electrons. The first-order valence-corrected chi connectivity index (χ1v) is 5.10. The maximum absolute atomic E-state index is 5.97. The van der Waals surface area contributed by atoms with Crippen LogP contribution < -0.4 is 10.5 Å². The summed E-state index contributed by atoms with van der Waals surface area (Å²) in [7, 11) is 0. The number of ether oxygens (including phenoxy) is 1. The molecule has 0 saturated carbocycles.